The lowest BCUT2D eigenvalue weighted by Crippen LogP contribution is -2.56. The highest BCUT2D eigenvalue weighted by molar-refractivity contribution is 5.92. The first-order valence-electron chi connectivity index (χ1n) is 20.2. The molecule has 23 heteroatoms. The number of ether oxygens (including phenoxy) is 6. The van der Waals surface area contributed by atoms with Crippen molar-refractivity contribution in [1.82, 2.24) is 0 Å². The topological polar surface area (TPSA) is 380 Å². The number of hydrogen-bond donors (Lipinski definition) is 12. The minimum absolute atomic E-state index is 0.0380. The summed E-state index contributed by atoms with van der Waals surface area (Å²) in [5.74, 6) is -7.06. The molecule has 1 unspecified atom stereocenters. The van der Waals surface area contributed by atoms with E-state index in [2.05, 4.69) is 0 Å². The second-order valence-electron chi connectivity index (χ2n) is 16.0. The minimum atomic E-state index is -2.27. The van der Waals surface area contributed by atoms with E-state index >= 15 is 0 Å². The van der Waals surface area contributed by atoms with Gasteiger partial charge in [0.1, 0.15) is 89.9 Å². The summed E-state index contributed by atoms with van der Waals surface area (Å²) in [6, 6.07) is 8.70. The Hall–Kier alpha value is -6.54. The quantitative estimate of drug-likeness (QED) is 0.0540. The summed E-state index contributed by atoms with van der Waals surface area (Å²) in [4.78, 5) is 51.5. The Morgan fingerprint density at radius 3 is 1.97 bits per heavy atom. The van der Waals surface area contributed by atoms with Crippen LogP contribution in [0.5, 0.6) is 34.5 Å². The molecule has 11 atom stereocenters. The van der Waals surface area contributed by atoms with E-state index in [0.29, 0.717) is 0 Å². The van der Waals surface area contributed by atoms with Crippen LogP contribution >= 0.6 is 0 Å². The standard InChI is InChI=1S/C44H48O23/c1-44(60,13-26(48)49)14-28(51)63-16-25-34(54)37(57)39(59)41(66-25)30-35(55)29-20(47)12-21(18-5-7-19(46)8-6-18)64-40(29)31(36(30)56)42-43(38(58)33(53)24(15-45)65-42)67-27(50)9-4-17-10-22(61-2)32(52)23(11-17)62-3/h4-12,24-25,33-34,37-39,41-43,45-46,52-60H,13-16H2,1-3H3,(H,48,49)/b9-4+/t24-,25-,33-,34-,37+,38+,39-,41+,42+,43-,44?/m1/s1. The van der Waals surface area contributed by atoms with Gasteiger partial charge >= 0.3 is 17.9 Å². The summed E-state index contributed by atoms with van der Waals surface area (Å²) in [6.45, 7) is -0.898. The number of aliphatic hydroxyl groups is 7. The van der Waals surface area contributed by atoms with Crippen molar-refractivity contribution in [2.75, 3.05) is 27.4 Å². The van der Waals surface area contributed by atoms with Gasteiger partial charge in [0.15, 0.2) is 28.6 Å². The molecule has 23 nitrogen and oxygen atoms in total. The average Bonchev–Trinajstić information content (AvgIpc) is 3.27. The number of aromatic hydroxyl groups is 4. The van der Waals surface area contributed by atoms with Crippen molar-refractivity contribution in [1.29, 1.82) is 0 Å². The third-order valence-electron chi connectivity index (χ3n) is 11.1. The number of carboxylic acids is 1. The molecule has 2 saturated heterocycles. The molecule has 2 aliphatic heterocycles. The molecular weight excluding hydrogens is 896 g/mol. The number of carbonyl (C=O) groups is 3. The van der Waals surface area contributed by atoms with Crippen LogP contribution in [-0.2, 0) is 33.3 Å². The summed E-state index contributed by atoms with van der Waals surface area (Å²) in [5.41, 5.74) is -5.11. The van der Waals surface area contributed by atoms with Gasteiger partial charge in [-0.05, 0) is 55.0 Å². The van der Waals surface area contributed by atoms with Crippen LogP contribution in [0.2, 0.25) is 0 Å². The second-order valence-corrected chi connectivity index (χ2v) is 16.0. The van der Waals surface area contributed by atoms with E-state index in [1.165, 1.54) is 56.7 Å². The molecule has 0 bridgehead atoms. The lowest BCUT2D eigenvalue weighted by molar-refractivity contribution is -0.240. The van der Waals surface area contributed by atoms with Crippen molar-refractivity contribution >= 4 is 35.0 Å². The van der Waals surface area contributed by atoms with Gasteiger partial charge in [-0.1, -0.05) is 0 Å². The number of aliphatic hydroxyl groups excluding tert-OH is 6. The van der Waals surface area contributed by atoms with Crippen molar-refractivity contribution in [2.45, 2.75) is 86.4 Å². The Morgan fingerprint density at radius 2 is 1.37 bits per heavy atom. The smallest absolute Gasteiger partial charge is 0.331 e. The fraction of sp³-hybridized carbons (Fsp3) is 0.409. The first kappa shape index (κ1) is 49.9. The van der Waals surface area contributed by atoms with Gasteiger partial charge in [0, 0.05) is 17.7 Å². The maximum atomic E-state index is 14.1. The van der Waals surface area contributed by atoms with Crippen molar-refractivity contribution in [3.63, 3.8) is 0 Å². The number of carboxylic acid groups (broad SMARTS) is 1. The number of phenolic OH excluding ortho intramolecular Hbond substituents is 4. The molecule has 67 heavy (non-hydrogen) atoms. The molecule has 0 radical (unpaired) electrons. The van der Waals surface area contributed by atoms with Crippen LogP contribution in [-0.4, -0.2) is 161 Å². The molecule has 2 aliphatic rings. The van der Waals surface area contributed by atoms with E-state index < -0.39 is 150 Å². The maximum absolute atomic E-state index is 14.1. The largest absolute Gasteiger partial charge is 0.508 e. The van der Waals surface area contributed by atoms with E-state index in [4.69, 9.17) is 37.9 Å². The predicted octanol–water partition coefficient (Wildman–Crippen LogP) is -0.240. The molecule has 3 aromatic carbocycles. The summed E-state index contributed by atoms with van der Waals surface area (Å²) in [6.07, 6.45) is -20.2. The zero-order valence-electron chi connectivity index (χ0n) is 35.7. The van der Waals surface area contributed by atoms with Gasteiger partial charge in [-0.2, -0.15) is 0 Å². The number of hydrogen-bond acceptors (Lipinski definition) is 22. The van der Waals surface area contributed by atoms with Crippen LogP contribution < -0.4 is 14.9 Å². The average molecular weight is 945 g/mol. The van der Waals surface area contributed by atoms with E-state index in [0.717, 1.165) is 19.1 Å². The van der Waals surface area contributed by atoms with Crippen molar-refractivity contribution < 1.29 is 109 Å². The molecule has 0 saturated carbocycles. The SMILES string of the molecule is COc1cc(/C=C/C(=O)O[C@@H]2[C@@H](O)[C@H](O)[C@@H](CO)O[C@H]2c2c(O)c([C@@H]3O[C@H](COC(=O)CC(C)(O)CC(=O)O)[C@@H](O)[C@H](O)[C@H]3O)c(O)c3c(=O)cc(-c4ccc(O)cc4)oc23)cc(OC)c1O. The first-order chi connectivity index (χ1) is 31.6. The highest BCUT2D eigenvalue weighted by Crippen LogP contribution is 2.51. The molecule has 362 valence electrons. The summed E-state index contributed by atoms with van der Waals surface area (Å²) >= 11 is 0. The van der Waals surface area contributed by atoms with Crippen molar-refractivity contribution in [2.24, 2.45) is 0 Å². The normalized spacial score (nSPS) is 26.2. The molecule has 4 aromatic rings. The van der Waals surface area contributed by atoms with Gasteiger partial charge in [0.05, 0.1) is 50.4 Å². The molecule has 0 spiro atoms. The Labute approximate surface area is 378 Å². The molecule has 3 heterocycles. The third kappa shape index (κ3) is 10.4. The lowest BCUT2D eigenvalue weighted by Gasteiger charge is -2.43. The number of carbonyl (C=O) groups excluding carboxylic acids is 2. The lowest BCUT2D eigenvalue weighted by atomic mass is 9.85. The highest BCUT2D eigenvalue weighted by Gasteiger charge is 2.52. The van der Waals surface area contributed by atoms with Gasteiger partial charge in [0.25, 0.3) is 0 Å². The molecule has 1 aromatic heterocycles. The summed E-state index contributed by atoms with van der Waals surface area (Å²) < 4.78 is 38.9. The Bertz CT molecular complexity index is 2540. The number of fused-ring (bicyclic) bond motifs is 1. The van der Waals surface area contributed by atoms with E-state index in [9.17, 15) is 75.3 Å². The van der Waals surface area contributed by atoms with E-state index in [1.807, 2.05) is 0 Å². The molecular formula is C44H48O23. The third-order valence-corrected chi connectivity index (χ3v) is 11.1. The van der Waals surface area contributed by atoms with Crippen LogP contribution in [0.25, 0.3) is 28.4 Å². The van der Waals surface area contributed by atoms with Gasteiger partial charge in [-0.15, -0.1) is 0 Å². The number of esters is 2. The zero-order chi connectivity index (χ0) is 49.2. The number of aliphatic carboxylic acids is 1. The number of phenols is 4. The fourth-order valence-electron chi connectivity index (χ4n) is 7.76. The number of rotatable bonds is 15. The predicted molar refractivity (Wildman–Crippen MR) is 224 cm³/mol. The van der Waals surface area contributed by atoms with Gasteiger partial charge in [0.2, 0.25) is 5.75 Å². The van der Waals surface area contributed by atoms with Gasteiger partial charge < -0.3 is 94.1 Å². The first-order valence-corrected chi connectivity index (χ1v) is 20.2. The van der Waals surface area contributed by atoms with Crippen molar-refractivity contribution in [3.05, 3.63) is 75.5 Å². The second kappa shape index (κ2) is 20.1. The van der Waals surface area contributed by atoms with Gasteiger partial charge in [-0.3, -0.25) is 14.4 Å². The summed E-state index contributed by atoms with van der Waals surface area (Å²) in [5, 5.41) is 129. The van der Waals surface area contributed by atoms with E-state index in [-0.39, 0.29) is 39.9 Å². The Balaban J connectivity index is 1.49. The molecule has 6 rings (SSSR count). The minimum Gasteiger partial charge on any atom is -0.508 e. The van der Waals surface area contributed by atoms with Crippen LogP contribution in [0.1, 0.15) is 48.7 Å². The molecule has 0 amide bonds. The Kier molecular flexibility index (Phi) is 15.0. The van der Waals surface area contributed by atoms with Crippen LogP contribution in [0.15, 0.2) is 57.8 Å². The van der Waals surface area contributed by atoms with Crippen LogP contribution in [0, 0.1) is 0 Å². The highest BCUT2D eigenvalue weighted by atomic mass is 16.6. The maximum Gasteiger partial charge on any atom is 0.331 e. The molecule has 0 aliphatic carbocycles. The fourth-order valence-corrected chi connectivity index (χ4v) is 7.76. The number of benzene rings is 3. The summed E-state index contributed by atoms with van der Waals surface area (Å²) in [7, 11) is 2.53. The van der Waals surface area contributed by atoms with Crippen molar-refractivity contribution in [3.8, 4) is 45.8 Å². The van der Waals surface area contributed by atoms with Gasteiger partial charge in [-0.25, -0.2) is 4.79 Å². The monoisotopic (exact) mass is 944 g/mol. The van der Waals surface area contributed by atoms with Crippen LogP contribution in [0.3, 0.4) is 0 Å². The number of methoxy groups -OCH3 is 2. The molecule has 2 fully saturated rings. The van der Waals surface area contributed by atoms with E-state index in [1.54, 1.807) is 0 Å². The zero-order valence-corrected chi connectivity index (χ0v) is 35.7. The van der Waals surface area contributed by atoms with Crippen LogP contribution in [0.4, 0.5) is 0 Å². The Morgan fingerprint density at radius 1 is 0.761 bits per heavy atom. The molecule has 12 N–H and O–H groups in total.